The quantitative estimate of drug-likeness (QED) is 0.319. The molecule has 40 heavy (non-hydrogen) atoms. The first-order valence-electron chi connectivity index (χ1n) is 13.1. The van der Waals surface area contributed by atoms with Gasteiger partial charge in [-0.3, -0.25) is 14.6 Å². The molecule has 0 aliphatic carbocycles. The number of anilines is 5. The monoisotopic (exact) mass is 558 g/mol. The third kappa shape index (κ3) is 5.74. The largest absolute Gasteiger partial charge is 0.361 e. The molecule has 3 N–H and O–H groups in total. The molecule has 1 saturated heterocycles. The van der Waals surface area contributed by atoms with Gasteiger partial charge in [-0.1, -0.05) is 16.8 Å². The van der Waals surface area contributed by atoms with Crippen LogP contribution in [-0.4, -0.2) is 49.9 Å². The molecule has 6 bridgehead atoms. The molecule has 5 heterocycles. The number of aromatic nitrogens is 4. The molecular formula is C28H27ClN8O3. The molecule has 4 aromatic rings. The minimum absolute atomic E-state index is 0.0679. The van der Waals surface area contributed by atoms with Crippen LogP contribution >= 0.6 is 11.6 Å². The van der Waals surface area contributed by atoms with Gasteiger partial charge in [-0.15, -0.1) is 0 Å². The smallest absolute Gasteiger partial charge is 0.276 e. The second-order valence-electron chi connectivity index (χ2n) is 10.1. The summed E-state index contributed by atoms with van der Waals surface area (Å²) in [6.45, 7) is 2.84. The van der Waals surface area contributed by atoms with Crippen LogP contribution in [-0.2, 0) is 17.6 Å². The Morgan fingerprint density at radius 2 is 2.02 bits per heavy atom. The van der Waals surface area contributed by atoms with E-state index in [0.717, 1.165) is 41.0 Å². The van der Waals surface area contributed by atoms with Crippen molar-refractivity contribution in [2.24, 2.45) is 5.92 Å². The molecule has 0 unspecified atom stereocenters. The molecule has 11 nitrogen and oxygen atoms in total. The summed E-state index contributed by atoms with van der Waals surface area (Å²) in [5.74, 6) is 1.27. The Hall–Kier alpha value is -4.51. The number of rotatable bonds is 4. The van der Waals surface area contributed by atoms with E-state index in [-0.39, 0.29) is 17.7 Å². The van der Waals surface area contributed by atoms with Crippen LogP contribution in [0.15, 0.2) is 53.4 Å². The van der Waals surface area contributed by atoms with Crippen LogP contribution in [0.25, 0.3) is 0 Å². The second kappa shape index (κ2) is 10.9. The van der Waals surface area contributed by atoms with E-state index < -0.39 is 0 Å². The third-order valence-electron chi connectivity index (χ3n) is 7.01. The zero-order chi connectivity index (χ0) is 27.6. The topological polar surface area (TPSA) is 138 Å². The summed E-state index contributed by atoms with van der Waals surface area (Å²) >= 11 is 6.36. The minimum Gasteiger partial charge on any atom is -0.361 e. The first-order valence-corrected chi connectivity index (χ1v) is 13.4. The Morgan fingerprint density at radius 1 is 1.12 bits per heavy atom. The Kier molecular flexibility index (Phi) is 7.04. The van der Waals surface area contributed by atoms with Crippen LogP contribution in [0.5, 0.6) is 0 Å². The zero-order valence-corrected chi connectivity index (χ0v) is 22.5. The van der Waals surface area contributed by atoms with Crippen molar-refractivity contribution in [3.8, 4) is 0 Å². The molecular weight excluding hydrogens is 532 g/mol. The van der Waals surface area contributed by atoms with Crippen molar-refractivity contribution in [2.45, 2.75) is 32.6 Å². The number of carbonyl (C=O) groups is 2. The molecule has 2 amide bonds. The van der Waals surface area contributed by atoms with Crippen LogP contribution in [0.1, 0.15) is 40.2 Å². The Bertz CT molecular complexity index is 1590. The molecule has 2 aliphatic rings. The molecule has 0 saturated carbocycles. The number of carbonyl (C=O) groups excluding carboxylic acids is 2. The lowest BCUT2D eigenvalue weighted by Crippen LogP contribution is -2.29. The van der Waals surface area contributed by atoms with Crippen LogP contribution in [0, 0.1) is 12.8 Å². The zero-order valence-electron chi connectivity index (χ0n) is 21.8. The predicted octanol–water partition coefficient (Wildman–Crippen LogP) is 4.90. The fourth-order valence-electron chi connectivity index (χ4n) is 5.03. The highest BCUT2D eigenvalue weighted by Crippen LogP contribution is 2.30. The van der Waals surface area contributed by atoms with E-state index in [1.807, 2.05) is 30.5 Å². The Balaban J connectivity index is 1.18. The van der Waals surface area contributed by atoms with Crippen molar-refractivity contribution in [1.29, 1.82) is 0 Å². The maximum atomic E-state index is 13.1. The van der Waals surface area contributed by atoms with Crippen molar-refractivity contribution in [3.05, 3.63) is 76.5 Å². The maximum absolute atomic E-state index is 13.1. The molecule has 6 rings (SSSR count). The van der Waals surface area contributed by atoms with Crippen LogP contribution < -0.4 is 16.0 Å². The van der Waals surface area contributed by atoms with Crippen molar-refractivity contribution in [3.63, 3.8) is 0 Å². The number of halogens is 1. The molecule has 0 radical (unpaired) electrons. The number of hydrogen-bond acceptors (Lipinski definition) is 9. The number of nitrogens with one attached hydrogen (secondary N) is 3. The van der Waals surface area contributed by atoms with Gasteiger partial charge in [0.1, 0.15) is 10.8 Å². The van der Waals surface area contributed by atoms with E-state index in [0.29, 0.717) is 54.2 Å². The number of nitrogens with zero attached hydrogens (tertiary/aromatic N) is 5. The van der Waals surface area contributed by atoms with Gasteiger partial charge in [0.15, 0.2) is 11.5 Å². The second-order valence-corrected chi connectivity index (χ2v) is 10.5. The lowest BCUT2D eigenvalue weighted by atomic mass is 10.0. The van der Waals surface area contributed by atoms with Gasteiger partial charge in [0.2, 0.25) is 11.9 Å². The van der Waals surface area contributed by atoms with Crippen molar-refractivity contribution in [2.75, 3.05) is 29.0 Å². The molecule has 3 aromatic heterocycles. The SMILES string of the molecule is Cc1cc(C(=O)N2CC[C@H](CC(=O)Nc3ccc4cc3CCc3cncc(c3)Nc3ncc(Cl)c(n3)N4)C2)no1. The van der Waals surface area contributed by atoms with Crippen LogP contribution in [0.4, 0.5) is 28.8 Å². The Labute approximate surface area is 235 Å². The van der Waals surface area contributed by atoms with Crippen molar-refractivity contribution < 1.29 is 14.1 Å². The summed E-state index contributed by atoms with van der Waals surface area (Å²) in [6.07, 6.45) is 7.54. The van der Waals surface area contributed by atoms with Crippen molar-refractivity contribution in [1.82, 2.24) is 25.0 Å². The van der Waals surface area contributed by atoms with Crippen LogP contribution in [0.2, 0.25) is 5.02 Å². The summed E-state index contributed by atoms with van der Waals surface area (Å²) in [5, 5.41) is 13.8. The summed E-state index contributed by atoms with van der Waals surface area (Å²) in [6, 6.07) is 9.39. The molecule has 0 spiro atoms. The van der Waals surface area contributed by atoms with Crippen molar-refractivity contribution >= 4 is 52.2 Å². The lowest BCUT2D eigenvalue weighted by molar-refractivity contribution is -0.117. The number of aryl methyl sites for hydroxylation is 3. The van der Waals surface area contributed by atoms with Gasteiger partial charge in [0, 0.05) is 43.1 Å². The average Bonchev–Trinajstić information content (AvgIpc) is 3.59. The maximum Gasteiger partial charge on any atom is 0.276 e. The fraction of sp³-hybridized carbons (Fsp3) is 0.286. The summed E-state index contributed by atoms with van der Waals surface area (Å²) in [7, 11) is 0. The molecule has 12 heteroatoms. The standard InChI is InChI=1S/C28H27ClN8O3/c1-16-8-24(36-40-16)27(39)37-7-6-18(15-37)10-25(38)34-23-5-4-20-11-19(23)3-2-17-9-21(13-30-12-17)33-28-31-14-22(29)26(32-20)35-28/h4-5,8-9,11-14,18H,2-3,6-7,10,15H2,1H3,(H,34,38)(H2,31,32,33,35)/t18-/m1/s1. The normalized spacial score (nSPS) is 16.1. The third-order valence-corrected chi connectivity index (χ3v) is 7.29. The molecule has 204 valence electrons. The number of pyridine rings is 1. The lowest BCUT2D eigenvalue weighted by Gasteiger charge is -2.16. The first kappa shape index (κ1) is 25.8. The van der Waals surface area contributed by atoms with Crippen LogP contribution in [0.3, 0.4) is 0 Å². The predicted molar refractivity (Wildman–Crippen MR) is 150 cm³/mol. The van der Waals surface area contributed by atoms with Gasteiger partial charge in [0.25, 0.3) is 5.91 Å². The van der Waals surface area contributed by atoms with Gasteiger partial charge in [-0.05, 0) is 67.5 Å². The average molecular weight is 559 g/mol. The van der Waals surface area contributed by atoms with E-state index in [2.05, 4.69) is 36.1 Å². The number of likely N-dealkylation sites (tertiary alicyclic amines) is 1. The molecule has 2 aliphatic heterocycles. The van der Waals surface area contributed by atoms with E-state index in [1.54, 1.807) is 24.1 Å². The first-order chi connectivity index (χ1) is 19.4. The summed E-state index contributed by atoms with van der Waals surface area (Å²) < 4.78 is 5.03. The van der Waals surface area contributed by atoms with E-state index in [4.69, 9.17) is 16.1 Å². The van der Waals surface area contributed by atoms with Gasteiger partial charge in [-0.2, -0.15) is 4.98 Å². The van der Waals surface area contributed by atoms with E-state index in [1.165, 1.54) is 6.20 Å². The van der Waals surface area contributed by atoms with E-state index in [9.17, 15) is 9.59 Å². The number of hydrogen-bond donors (Lipinski definition) is 3. The van der Waals surface area contributed by atoms with Gasteiger partial charge < -0.3 is 25.4 Å². The molecule has 1 atom stereocenters. The number of benzene rings is 1. The summed E-state index contributed by atoms with van der Waals surface area (Å²) in [5.41, 5.74) is 4.60. The van der Waals surface area contributed by atoms with Gasteiger partial charge >= 0.3 is 0 Å². The van der Waals surface area contributed by atoms with Gasteiger partial charge in [0.05, 0.1) is 18.1 Å². The number of amides is 2. The Morgan fingerprint density at radius 3 is 2.88 bits per heavy atom. The minimum atomic E-state index is -0.168. The fourth-order valence-corrected chi connectivity index (χ4v) is 5.17. The highest BCUT2D eigenvalue weighted by molar-refractivity contribution is 6.32. The highest BCUT2D eigenvalue weighted by atomic mass is 35.5. The number of fused-ring (bicyclic) bond motifs is 6. The highest BCUT2D eigenvalue weighted by Gasteiger charge is 2.30. The van der Waals surface area contributed by atoms with Gasteiger partial charge in [-0.25, -0.2) is 4.98 Å². The summed E-state index contributed by atoms with van der Waals surface area (Å²) in [4.78, 5) is 40.7. The molecule has 1 aromatic carbocycles. The molecule has 1 fully saturated rings. The van der Waals surface area contributed by atoms with E-state index >= 15 is 0 Å².